The fraction of sp³-hybridized carbons (Fsp3) is 0.935. The molecule has 34 heavy (non-hydrogen) atoms. The molecule has 2 nitrogen and oxygen atoms in total. The average Bonchev–Trinajstić information content (AvgIpc) is 3.43. The quantitative estimate of drug-likeness (QED) is 0.401. The van der Waals surface area contributed by atoms with E-state index in [1.54, 1.807) is 20.8 Å². The van der Waals surface area contributed by atoms with Crippen molar-refractivity contribution < 1.29 is 14.0 Å². The Kier molecular flexibility index (Phi) is 12.0. The fourth-order valence-corrected chi connectivity index (χ4v) is 5.70. The molecule has 3 saturated carbocycles. The Morgan fingerprint density at radius 1 is 0.676 bits per heavy atom. The lowest BCUT2D eigenvalue weighted by Gasteiger charge is -2.26. The van der Waals surface area contributed by atoms with Crippen LogP contribution in [0.3, 0.4) is 0 Å². The molecule has 0 aromatic heterocycles. The predicted octanol–water partition coefficient (Wildman–Crippen LogP) is 9.68. The van der Waals surface area contributed by atoms with E-state index >= 15 is 0 Å². The van der Waals surface area contributed by atoms with E-state index in [2.05, 4.69) is 20.8 Å². The number of halogens is 1. The highest BCUT2D eigenvalue weighted by Crippen LogP contribution is 2.39. The molecule has 200 valence electrons. The molecule has 0 radical (unpaired) electrons. The third-order valence-electron chi connectivity index (χ3n) is 7.65. The van der Waals surface area contributed by atoms with Crippen LogP contribution in [0.15, 0.2) is 0 Å². The van der Waals surface area contributed by atoms with Gasteiger partial charge >= 0.3 is 0 Å². The van der Waals surface area contributed by atoms with Gasteiger partial charge in [-0.3, -0.25) is 9.59 Å². The molecule has 0 bridgehead atoms. The van der Waals surface area contributed by atoms with Gasteiger partial charge < -0.3 is 0 Å². The first-order chi connectivity index (χ1) is 15.4. The molecule has 0 aliphatic heterocycles. The van der Waals surface area contributed by atoms with E-state index in [4.69, 9.17) is 0 Å². The van der Waals surface area contributed by atoms with E-state index in [1.165, 1.54) is 57.8 Å². The van der Waals surface area contributed by atoms with Crippen molar-refractivity contribution in [1.82, 2.24) is 0 Å². The fourth-order valence-electron chi connectivity index (χ4n) is 5.70. The average molecular weight is 481 g/mol. The molecule has 3 fully saturated rings. The maximum atomic E-state index is 13.9. The van der Waals surface area contributed by atoms with Crippen LogP contribution in [-0.2, 0) is 9.59 Å². The first-order valence-corrected chi connectivity index (χ1v) is 14.2. The van der Waals surface area contributed by atoms with Gasteiger partial charge in [-0.25, -0.2) is 4.39 Å². The second kappa shape index (κ2) is 13.0. The third kappa shape index (κ3) is 11.8. The molecule has 3 heteroatoms. The first kappa shape index (κ1) is 31.3. The van der Waals surface area contributed by atoms with E-state index < -0.39 is 11.1 Å². The van der Waals surface area contributed by atoms with Crippen LogP contribution in [0.4, 0.5) is 4.39 Å². The monoisotopic (exact) mass is 480 g/mol. The summed E-state index contributed by atoms with van der Waals surface area (Å²) in [7, 11) is 0. The number of ketones is 2. The van der Waals surface area contributed by atoms with Crippen LogP contribution in [0.25, 0.3) is 0 Å². The Hall–Kier alpha value is -0.730. The van der Waals surface area contributed by atoms with Gasteiger partial charge in [-0.1, -0.05) is 114 Å². The number of hydrogen-bond donors (Lipinski definition) is 0. The molecule has 0 spiro atoms. The highest BCUT2D eigenvalue weighted by atomic mass is 19.1. The summed E-state index contributed by atoms with van der Waals surface area (Å²) in [5.41, 5.74) is -1.59. The van der Waals surface area contributed by atoms with Crippen LogP contribution in [0, 0.1) is 28.1 Å². The Morgan fingerprint density at radius 2 is 1.09 bits per heavy atom. The van der Waals surface area contributed by atoms with Crippen molar-refractivity contribution in [2.45, 2.75) is 158 Å². The summed E-state index contributed by atoms with van der Waals surface area (Å²) in [4.78, 5) is 23.2. The summed E-state index contributed by atoms with van der Waals surface area (Å²) in [6.45, 7) is 18.5. The zero-order valence-corrected chi connectivity index (χ0v) is 24.2. The molecule has 0 unspecified atom stereocenters. The van der Waals surface area contributed by atoms with Gasteiger partial charge in [-0.05, 0) is 49.4 Å². The highest BCUT2D eigenvalue weighted by molar-refractivity contribution is 5.91. The van der Waals surface area contributed by atoms with Gasteiger partial charge in [0.1, 0.15) is 5.78 Å². The zero-order valence-electron chi connectivity index (χ0n) is 24.2. The number of Topliss-reactive ketones (excluding diaryl/α,β-unsaturated/α-hetero) is 2. The molecular formula is C31H57FO2. The van der Waals surface area contributed by atoms with Gasteiger partial charge in [0, 0.05) is 17.3 Å². The summed E-state index contributed by atoms with van der Waals surface area (Å²) < 4.78 is 13.9. The molecule has 3 rings (SSSR count). The number of carbonyl (C=O) groups excluding carboxylic acids is 2. The van der Waals surface area contributed by atoms with Crippen LogP contribution in [-0.4, -0.2) is 17.2 Å². The SMILES string of the molecule is CC(C)(C)C(=O)C1(F)CCCC1.CC(C)(C)C(=O)CC1CCCC1.CC(C)(C)CC1CCCC1. The lowest BCUT2D eigenvalue weighted by molar-refractivity contribution is -0.138. The van der Waals surface area contributed by atoms with Crippen LogP contribution in [0.5, 0.6) is 0 Å². The van der Waals surface area contributed by atoms with E-state index in [0.717, 1.165) is 25.2 Å². The van der Waals surface area contributed by atoms with Gasteiger partial charge in [0.05, 0.1) is 0 Å². The van der Waals surface area contributed by atoms with Crippen molar-refractivity contribution in [2.75, 3.05) is 0 Å². The second-order valence-corrected chi connectivity index (χ2v) is 14.7. The topological polar surface area (TPSA) is 34.1 Å². The number of rotatable bonds is 4. The molecule has 3 aliphatic carbocycles. The van der Waals surface area contributed by atoms with Gasteiger partial charge in [-0.15, -0.1) is 0 Å². The Morgan fingerprint density at radius 3 is 1.44 bits per heavy atom. The summed E-state index contributed by atoms with van der Waals surface area (Å²) in [6, 6.07) is 0. The van der Waals surface area contributed by atoms with Gasteiger partial charge in [0.15, 0.2) is 11.5 Å². The summed E-state index contributed by atoms with van der Waals surface area (Å²) >= 11 is 0. The van der Waals surface area contributed by atoms with Crippen LogP contribution < -0.4 is 0 Å². The largest absolute Gasteiger partial charge is 0.299 e. The van der Waals surface area contributed by atoms with Crippen molar-refractivity contribution in [3.05, 3.63) is 0 Å². The Labute approximate surface area is 211 Å². The van der Waals surface area contributed by atoms with E-state index in [-0.39, 0.29) is 11.2 Å². The molecule has 0 amide bonds. The van der Waals surface area contributed by atoms with Crippen molar-refractivity contribution >= 4 is 11.6 Å². The Balaban J connectivity index is 0.000000256. The lowest BCUT2D eigenvalue weighted by Crippen LogP contribution is -2.39. The van der Waals surface area contributed by atoms with Crippen LogP contribution >= 0.6 is 0 Å². The predicted molar refractivity (Wildman–Crippen MR) is 144 cm³/mol. The van der Waals surface area contributed by atoms with Gasteiger partial charge in [0.25, 0.3) is 0 Å². The van der Waals surface area contributed by atoms with Crippen molar-refractivity contribution in [3.8, 4) is 0 Å². The molecule has 3 aliphatic rings. The minimum Gasteiger partial charge on any atom is -0.299 e. The normalized spacial score (nSPS) is 21.5. The lowest BCUT2D eigenvalue weighted by atomic mass is 9.80. The van der Waals surface area contributed by atoms with Crippen molar-refractivity contribution in [2.24, 2.45) is 28.1 Å². The zero-order chi connectivity index (χ0) is 26.2. The third-order valence-corrected chi connectivity index (χ3v) is 7.65. The molecular weight excluding hydrogens is 423 g/mol. The van der Waals surface area contributed by atoms with Crippen LogP contribution in [0.1, 0.15) is 152 Å². The minimum absolute atomic E-state index is 0.122. The van der Waals surface area contributed by atoms with Gasteiger partial charge in [-0.2, -0.15) is 0 Å². The van der Waals surface area contributed by atoms with Gasteiger partial charge in [0.2, 0.25) is 0 Å². The molecule has 0 atom stereocenters. The maximum absolute atomic E-state index is 13.9. The highest BCUT2D eigenvalue weighted by Gasteiger charge is 2.45. The molecule has 0 N–H and O–H groups in total. The molecule has 0 aromatic carbocycles. The summed E-state index contributed by atoms with van der Waals surface area (Å²) in [6.07, 6.45) is 16.0. The number of alkyl halides is 1. The van der Waals surface area contributed by atoms with E-state index in [1.807, 2.05) is 20.8 Å². The minimum atomic E-state index is -1.50. The molecule has 0 saturated heterocycles. The second-order valence-electron chi connectivity index (χ2n) is 14.7. The summed E-state index contributed by atoms with van der Waals surface area (Å²) in [5.74, 6) is 1.98. The van der Waals surface area contributed by atoms with Crippen molar-refractivity contribution in [1.29, 1.82) is 0 Å². The Bertz CT molecular complexity index is 611. The van der Waals surface area contributed by atoms with E-state index in [0.29, 0.717) is 30.0 Å². The van der Waals surface area contributed by atoms with Crippen molar-refractivity contribution in [3.63, 3.8) is 0 Å². The standard InChI is InChI=1S/C11H20O.C10H17FO.C10H20/c1-11(2,3)10(12)8-9-6-4-5-7-9;1-9(2,3)8(12)10(11)6-4-5-7-10;1-10(2,3)8-9-6-4-5-7-9/h9H,4-8H2,1-3H3;4-7H2,1-3H3;9H,4-8H2,1-3H3. The number of hydrogen-bond acceptors (Lipinski definition) is 2. The summed E-state index contributed by atoms with van der Waals surface area (Å²) in [5, 5.41) is 0. The van der Waals surface area contributed by atoms with Crippen LogP contribution in [0.2, 0.25) is 0 Å². The number of carbonyl (C=O) groups is 2. The van der Waals surface area contributed by atoms with E-state index in [9.17, 15) is 14.0 Å². The molecule has 0 heterocycles. The first-order valence-electron chi connectivity index (χ1n) is 14.2. The smallest absolute Gasteiger partial charge is 0.175 e. The maximum Gasteiger partial charge on any atom is 0.175 e. The molecule has 0 aromatic rings.